The Labute approximate surface area is 99.9 Å². The lowest BCUT2D eigenvalue weighted by Crippen LogP contribution is -2.48. The first-order chi connectivity index (χ1) is 7.37. The van der Waals surface area contributed by atoms with Gasteiger partial charge in [0, 0.05) is 0 Å². The molecule has 3 atom stereocenters. The molecule has 1 N–H and O–H groups in total. The summed E-state index contributed by atoms with van der Waals surface area (Å²) in [6.07, 6.45) is 6.89. The first-order valence-corrected chi connectivity index (χ1v) is 6.77. The zero-order valence-electron chi connectivity index (χ0n) is 11.1. The van der Waals surface area contributed by atoms with E-state index in [1.165, 1.54) is 31.3 Å². The standard InChI is InChI=1S/C15H26O/c1-11(2)15(16)9-8-14(4)7-5-6-12(3)13(14)10-15/h11,13,16H,3,5-10H2,1-2,4H3. The van der Waals surface area contributed by atoms with Crippen molar-refractivity contribution in [3.8, 4) is 0 Å². The van der Waals surface area contributed by atoms with Crippen LogP contribution in [0.25, 0.3) is 0 Å². The minimum atomic E-state index is -0.440. The number of fused-ring (bicyclic) bond motifs is 1. The van der Waals surface area contributed by atoms with Crippen LogP contribution in [0.3, 0.4) is 0 Å². The van der Waals surface area contributed by atoms with E-state index in [1.807, 2.05) is 0 Å². The zero-order chi connectivity index (χ0) is 12.0. The van der Waals surface area contributed by atoms with Crippen LogP contribution in [-0.2, 0) is 0 Å². The molecule has 1 heteroatoms. The summed E-state index contributed by atoms with van der Waals surface area (Å²) in [6, 6.07) is 0. The fraction of sp³-hybridized carbons (Fsp3) is 0.867. The van der Waals surface area contributed by atoms with Crippen LogP contribution in [0, 0.1) is 17.3 Å². The molecule has 2 saturated carbocycles. The van der Waals surface area contributed by atoms with Crippen molar-refractivity contribution in [3.05, 3.63) is 12.2 Å². The summed E-state index contributed by atoms with van der Waals surface area (Å²) in [5.74, 6) is 0.925. The van der Waals surface area contributed by atoms with Crippen molar-refractivity contribution in [3.63, 3.8) is 0 Å². The van der Waals surface area contributed by atoms with Crippen LogP contribution in [0.15, 0.2) is 12.2 Å². The van der Waals surface area contributed by atoms with E-state index >= 15 is 0 Å². The molecule has 0 aromatic heterocycles. The fourth-order valence-electron chi connectivity index (χ4n) is 3.73. The van der Waals surface area contributed by atoms with Crippen LogP contribution in [0.4, 0.5) is 0 Å². The molecule has 0 aromatic rings. The van der Waals surface area contributed by atoms with E-state index in [4.69, 9.17) is 0 Å². The van der Waals surface area contributed by atoms with Gasteiger partial charge in [-0.25, -0.2) is 0 Å². The van der Waals surface area contributed by atoms with Gasteiger partial charge in [-0.15, -0.1) is 0 Å². The summed E-state index contributed by atoms with van der Waals surface area (Å²) < 4.78 is 0. The Bertz CT molecular complexity index is 294. The summed E-state index contributed by atoms with van der Waals surface area (Å²) in [5, 5.41) is 10.7. The Morgan fingerprint density at radius 1 is 1.31 bits per heavy atom. The number of allylic oxidation sites excluding steroid dienone is 1. The minimum absolute atomic E-state index is 0.367. The number of hydrogen-bond acceptors (Lipinski definition) is 1. The van der Waals surface area contributed by atoms with Crippen LogP contribution in [-0.4, -0.2) is 10.7 Å². The fourth-order valence-corrected chi connectivity index (χ4v) is 3.73. The van der Waals surface area contributed by atoms with Crippen LogP contribution in [0.1, 0.15) is 59.3 Å². The van der Waals surface area contributed by atoms with E-state index in [0.717, 1.165) is 12.8 Å². The van der Waals surface area contributed by atoms with Crippen molar-refractivity contribution in [2.45, 2.75) is 64.9 Å². The largest absolute Gasteiger partial charge is 0.390 e. The molecule has 1 nitrogen and oxygen atoms in total. The van der Waals surface area contributed by atoms with Crippen molar-refractivity contribution >= 4 is 0 Å². The second-order valence-electron chi connectivity index (χ2n) is 6.68. The van der Waals surface area contributed by atoms with Crippen molar-refractivity contribution in [1.29, 1.82) is 0 Å². The average molecular weight is 222 g/mol. The van der Waals surface area contributed by atoms with Crippen molar-refractivity contribution in [2.24, 2.45) is 17.3 Å². The van der Waals surface area contributed by atoms with Crippen molar-refractivity contribution in [1.82, 2.24) is 0 Å². The molecule has 0 aromatic carbocycles. The summed E-state index contributed by atoms with van der Waals surface area (Å²) in [4.78, 5) is 0. The molecule has 2 rings (SSSR count). The van der Waals surface area contributed by atoms with Crippen LogP contribution in [0.5, 0.6) is 0 Å². The lowest BCUT2D eigenvalue weighted by atomic mass is 9.54. The maximum absolute atomic E-state index is 10.7. The lowest BCUT2D eigenvalue weighted by molar-refractivity contribution is -0.0915. The molecule has 92 valence electrons. The summed E-state index contributed by atoms with van der Waals surface area (Å²) in [6.45, 7) is 11.0. The lowest BCUT2D eigenvalue weighted by Gasteiger charge is -2.52. The Hall–Kier alpha value is -0.300. The molecule has 0 bridgehead atoms. The third kappa shape index (κ3) is 1.84. The molecule has 2 aliphatic rings. The Morgan fingerprint density at radius 2 is 2.00 bits per heavy atom. The summed E-state index contributed by atoms with van der Waals surface area (Å²) in [7, 11) is 0. The van der Waals surface area contributed by atoms with Gasteiger partial charge in [0.05, 0.1) is 5.60 Å². The maximum Gasteiger partial charge on any atom is 0.0676 e. The predicted molar refractivity (Wildman–Crippen MR) is 68.2 cm³/mol. The smallest absolute Gasteiger partial charge is 0.0676 e. The first-order valence-electron chi connectivity index (χ1n) is 6.77. The van der Waals surface area contributed by atoms with E-state index in [9.17, 15) is 5.11 Å². The highest BCUT2D eigenvalue weighted by atomic mass is 16.3. The minimum Gasteiger partial charge on any atom is -0.390 e. The highest BCUT2D eigenvalue weighted by Crippen LogP contribution is 2.55. The first kappa shape index (κ1) is 12.2. The van der Waals surface area contributed by atoms with Crippen molar-refractivity contribution in [2.75, 3.05) is 0 Å². The summed E-state index contributed by atoms with van der Waals surface area (Å²) in [5.41, 5.74) is 1.38. The van der Waals surface area contributed by atoms with Crippen LogP contribution in [0.2, 0.25) is 0 Å². The number of hydrogen-bond donors (Lipinski definition) is 1. The quantitative estimate of drug-likeness (QED) is 0.667. The van der Waals surface area contributed by atoms with E-state index in [2.05, 4.69) is 27.4 Å². The average Bonchev–Trinajstić information content (AvgIpc) is 2.21. The van der Waals surface area contributed by atoms with Gasteiger partial charge >= 0.3 is 0 Å². The van der Waals surface area contributed by atoms with E-state index in [1.54, 1.807) is 0 Å². The zero-order valence-corrected chi connectivity index (χ0v) is 11.1. The maximum atomic E-state index is 10.7. The van der Waals surface area contributed by atoms with Gasteiger partial charge < -0.3 is 5.11 Å². The highest BCUT2D eigenvalue weighted by molar-refractivity contribution is 5.14. The van der Waals surface area contributed by atoms with Gasteiger partial charge in [0.25, 0.3) is 0 Å². The third-order valence-corrected chi connectivity index (χ3v) is 5.34. The van der Waals surface area contributed by atoms with Crippen LogP contribution < -0.4 is 0 Å². The third-order valence-electron chi connectivity index (χ3n) is 5.34. The Morgan fingerprint density at radius 3 is 2.62 bits per heavy atom. The second-order valence-corrected chi connectivity index (χ2v) is 6.68. The van der Waals surface area contributed by atoms with Gasteiger partial charge in [-0.1, -0.05) is 32.9 Å². The van der Waals surface area contributed by atoms with Crippen LogP contribution >= 0.6 is 0 Å². The molecule has 0 heterocycles. The molecule has 0 aliphatic heterocycles. The van der Waals surface area contributed by atoms with Crippen molar-refractivity contribution < 1.29 is 5.11 Å². The second kappa shape index (κ2) is 3.87. The SMILES string of the molecule is C=C1CCCC2(C)CCC(O)(C(C)C)CC12. The van der Waals surface area contributed by atoms with Gasteiger partial charge in [-0.2, -0.15) is 0 Å². The number of rotatable bonds is 1. The molecule has 0 radical (unpaired) electrons. The Kier molecular flexibility index (Phi) is 2.94. The molecule has 0 amide bonds. The van der Waals surface area contributed by atoms with Gasteiger partial charge in [0.1, 0.15) is 0 Å². The molecule has 0 saturated heterocycles. The normalized spacial score (nSPS) is 44.6. The molecule has 2 aliphatic carbocycles. The van der Waals surface area contributed by atoms with Gasteiger partial charge in [0.15, 0.2) is 0 Å². The van der Waals surface area contributed by atoms with E-state index < -0.39 is 5.60 Å². The highest BCUT2D eigenvalue weighted by Gasteiger charge is 2.48. The topological polar surface area (TPSA) is 20.2 Å². The van der Waals surface area contributed by atoms with Gasteiger partial charge in [-0.05, 0) is 55.8 Å². The molecule has 16 heavy (non-hydrogen) atoms. The monoisotopic (exact) mass is 222 g/mol. The number of aliphatic hydroxyl groups is 1. The van der Waals surface area contributed by atoms with Gasteiger partial charge in [-0.3, -0.25) is 0 Å². The predicted octanol–water partition coefficient (Wildman–Crippen LogP) is 3.92. The van der Waals surface area contributed by atoms with E-state index in [-0.39, 0.29) is 0 Å². The Balaban J connectivity index is 2.21. The van der Waals surface area contributed by atoms with Gasteiger partial charge in [0.2, 0.25) is 0 Å². The molecule has 3 unspecified atom stereocenters. The molecule has 2 fully saturated rings. The van der Waals surface area contributed by atoms with E-state index in [0.29, 0.717) is 17.3 Å². The summed E-state index contributed by atoms with van der Waals surface area (Å²) >= 11 is 0. The molecular formula is C15H26O. The molecular weight excluding hydrogens is 196 g/mol. The molecule has 0 spiro atoms.